The van der Waals surface area contributed by atoms with Gasteiger partial charge in [-0.25, -0.2) is 0 Å². The van der Waals surface area contributed by atoms with Crippen molar-refractivity contribution in [2.75, 3.05) is 13.2 Å². The number of hydrogen-bond donors (Lipinski definition) is 0. The third-order valence-electron chi connectivity index (χ3n) is 9.03. The molecule has 31 heavy (non-hydrogen) atoms. The van der Waals surface area contributed by atoms with Gasteiger partial charge in [-0.05, 0) is 74.2 Å². The van der Waals surface area contributed by atoms with Crippen LogP contribution in [0.15, 0.2) is 11.6 Å². The summed E-state index contributed by atoms with van der Waals surface area (Å²) in [5.41, 5.74) is 0.867. The van der Waals surface area contributed by atoms with Crippen molar-refractivity contribution in [3.63, 3.8) is 0 Å². The number of Topliss-reactive ketones (excluding diaryl/α,β-unsaturated/α-hetero) is 1. The number of carbonyl (C=O) groups excluding carboxylic acids is 4. The molecule has 0 aromatic rings. The highest BCUT2D eigenvalue weighted by Crippen LogP contribution is 2.66. The lowest BCUT2D eigenvalue weighted by molar-refractivity contribution is -0.152. The Morgan fingerprint density at radius 3 is 2.42 bits per heavy atom. The highest BCUT2D eigenvalue weighted by Gasteiger charge is 2.61. The molecule has 3 fully saturated rings. The summed E-state index contributed by atoms with van der Waals surface area (Å²) in [5, 5.41) is 0. The second kappa shape index (κ2) is 8.18. The molecule has 0 bridgehead atoms. The molecule has 6 heteroatoms. The number of hydrogen-bond acceptors (Lipinski definition) is 6. The van der Waals surface area contributed by atoms with Gasteiger partial charge in [0.25, 0.3) is 0 Å². The van der Waals surface area contributed by atoms with Crippen molar-refractivity contribution in [3.05, 3.63) is 11.6 Å². The zero-order valence-corrected chi connectivity index (χ0v) is 18.9. The van der Waals surface area contributed by atoms with Crippen LogP contribution in [0.2, 0.25) is 0 Å². The highest BCUT2D eigenvalue weighted by molar-refractivity contribution is 5.91. The zero-order chi connectivity index (χ0) is 22.4. The van der Waals surface area contributed by atoms with Crippen LogP contribution in [0.25, 0.3) is 0 Å². The monoisotopic (exact) mass is 430 g/mol. The Labute approximate surface area is 184 Å². The van der Waals surface area contributed by atoms with Gasteiger partial charge in [-0.3, -0.25) is 19.2 Å². The molecule has 6 atom stereocenters. The molecule has 4 rings (SSSR count). The molecule has 0 aliphatic heterocycles. The van der Waals surface area contributed by atoms with Crippen LogP contribution < -0.4 is 0 Å². The predicted octanol–water partition coefficient (Wildman–Crippen LogP) is 3.81. The molecule has 0 aromatic heterocycles. The number of ketones is 2. The minimum atomic E-state index is -0.414. The minimum absolute atomic E-state index is 0.0490. The van der Waals surface area contributed by atoms with E-state index in [1.165, 1.54) is 19.4 Å². The largest absolute Gasteiger partial charge is 0.465 e. The maximum absolute atomic E-state index is 12.9. The van der Waals surface area contributed by atoms with Crippen LogP contribution in [-0.4, -0.2) is 36.7 Å². The molecule has 0 spiro atoms. The topological polar surface area (TPSA) is 86.7 Å². The first-order valence-electron chi connectivity index (χ1n) is 11.7. The lowest BCUT2D eigenvalue weighted by Gasteiger charge is -2.58. The van der Waals surface area contributed by atoms with E-state index in [0.717, 1.165) is 44.9 Å². The molecular weight excluding hydrogens is 396 g/mol. The first-order valence-corrected chi connectivity index (χ1v) is 11.7. The number of carbonyl (C=O) groups is 4. The highest BCUT2D eigenvalue weighted by atomic mass is 16.5. The molecule has 0 aromatic carbocycles. The summed E-state index contributed by atoms with van der Waals surface area (Å²) in [6.45, 7) is 5.28. The average Bonchev–Trinajstić information content (AvgIpc) is 3.07. The summed E-state index contributed by atoms with van der Waals surface area (Å²) in [6.07, 6.45) is 8.77. The Morgan fingerprint density at radius 2 is 1.71 bits per heavy atom. The second-order valence-electron chi connectivity index (χ2n) is 10.4. The third kappa shape index (κ3) is 3.76. The molecule has 0 saturated heterocycles. The van der Waals surface area contributed by atoms with E-state index in [-0.39, 0.29) is 40.9 Å². The summed E-state index contributed by atoms with van der Waals surface area (Å²) in [5.74, 6) is 0.759. The van der Waals surface area contributed by atoms with Crippen LogP contribution in [0.5, 0.6) is 0 Å². The van der Waals surface area contributed by atoms with Crippen LogP contribution in [0.4, 0.5) is 0 Å². The van der Waals surface area contributed by atoms with Gasteiger partial charge in [0.2, 0.25) is 0 Å². The van der Waals surface area contributed by atoms with Gasteiger partial charge in [-0.1, -0.05) is 12.5 Å². The van der Waals surface area contributed by atoms with E-state index in [1.807, 2.05) is 6.08 Å². The van der Waals surface area contributed by atoms with E-state index in [4.69, 9.17) is 9.47 Å². The summed E-state index contributed by atoms with van der Waals surface area (Å²) < 4.78 is 10.6. The van der Waals surface area contributed by atoms with Crippen molar-refractivity contribution >= 4 is 23.5 Å². The van der Waals surface area contributed by atoms with Gasteiger partial charge >= 0.3 is 11.9 Å². The fourth-order valence-corrected chi connectivity index (χ4v) is 7.66. The van der Waals surface area contributed by atoms with Crippen molar-refractivity contribution in [3.8, 4) is 0 Å². The van der Waals surface area contributed by atoms with Crippen molar-refractivity contribution in [2.45, 2.75) is 72.1 Å². The van der Waals surface area contributed by atoms with Crippen molar-refractivity contribution in [1.29, 1.82) is 0 Å². The van der Waals surface area contributed by atoms with Gasteiger partial charge in [0.05, 0.1) is 0 Å². The van der Waals surface area contributed by atoms with Crippen molar-refractivity contribution < 1.29 is 28.7 Å². The van der Waals surface area contributed by atoms with Gasteiger partial charge in [-0.15, -0.1) is 0 Å². The van der Waals surface area contributed by atoms with Crippen LogP contribution in [0.3, 0.4) is 0 Å². The molecule has 0 amide bonds. The Bertz CT molecular complexity index is 828. The Balaban J connectivity index is 1.59. The Kier molecular flexibility index (Phi) is 5.86. The van der Waals surface area contributed by atoms with Crippen LogP contribution in [0, 0.1) is 34.5 Å². The minimum Gasteiger partial charge on any atom is -0.465 e. The summed E-state index contributed by atoms with van der Waals surface area (Å²) in [4.78, 5) is 47.9. The molecular formula is C25H34O6. The summed E-state index contributed by atoms with van der Waals surface area (Å²) >= 11 is 0. The Hall–Kier alpha value is -1.98. The molecule has 0 heterocycles. The number of fused-ring (bicyclic) bond motifs is 5. The quantitative estimate of drug-likeness (QED) is 0.617. The van der Waals surface area contributed by atoms with E-state index < -0.39 is 5.97 Å². The molecule has 4 aliphatic rings. The predicted molar refractivity (Wildman–Crippen MR) is 113 cm³/mol. The molecule has 0 radical (unpaired) electrons. The van der Waals surface area contributed by atoms with Crippen LogP contribution >= 0.6 is 0 Å². The zero-order valence-electron chi connectivity index (χ0n) is 18.9. The van der Waals surface area contributed by atoms with E-state index >= 15 is 0 Å². The lowest BCUT2D eigenvalue weighted by atomic mass is 9.46. The van der Waals surface area contributed by atoms with Crippen molar-refractivity contribution in [1.82, 2.24) is 0 Å². The maximum atomic E-state index is 12.9. The van der Waals surface area contributed by atoms with Gasteiger partial charge < -0.3 is 9.47 Å². The van der Waals surface area contributed by atoms with Gasteiger partial charge in [0, 0.05) is 31.6 Å². The van der Waals surface area contributed by atoms with Gasteiger partial charge in [-0.2, -0.15) is 0 Å². The van der Waals surface area contributed by atoms with Crippen molar-refractivity contribution in [2.24, 2.45) is 34.5 Å². The standard InChI is InChI=1S/C25H34O6/c1-15(26)30-13-23(29)22-7-6-20-19-5-4-17-12-18(28)8-11-25(17,14-31-16(2)27)21(19)9-10-24(20,22)3/h12,19-22H,4-11,13-14H2,1-3H3/t19-,20-,21-,22+,24-,25+/m0/s1. The maximum Gasteiger partial charge on any atom is 0.303 e. The number of ether oxygens (including phenoxy) is 2. The molecule has 3 saturated carbocycles. The van der Waals surface area contributed by atoms with Crippen LogP contribution in [0.1, 0.15) is 72.1 Å². The molecule has 0 unspecified atom stereocenters. The third-order valence-corrected chi connectivity index (χ3v) is 9.03. The van der Waals surface area contributed by atoms with Crippen LogP contribution in [-0.2, 0) is 28.7 Å². The Morgan fingerprint density at radius 1 is 0.968 bits per heavy atom. The molecule has 4 aliphatic carbocycles. The second-order valence-corrected chi connectivity index (χ2v) is 10.4. The van der Waals surface area contributed by atoms with E-state index in [2.05, 4.69) is 6.92 Å². The SMILES string of the molecule is CC(=O)OCC(=O)[C@H]1CC[C@H]2[C@@H]3CCC4=CC(=O)CC[C@]4(COC(C)=O)[C@H]3CC[C@]12C. The lowest BCUT2D eigenvalue weighted by Crippen LogP contribution is -2.54. The fourth-order valence-electron chi connectivity index (χ4n) is 7.66. The normalized spacial score (nSPS) is 38.9. The number of rotatable bonds is 5. The first-order chi connectivity index (χ1) is 14.7. The summed E-state index contributed by atoms with van der Waals surface area (Å²) in [7, 11) is 0. The van der Waals surface area contributed by atoms with Gasteiger partial charge in [0.15, 0.2) is 11.6 Å². The average molecular weight is 431 g/mol. The van der Waals surface area contributed by atoms with E-state index in [1.54, 1.807) is 0 Å². The van der Waals surface area contributed by atoms with Gasteiger partial charge in [0.1, 0.15) is 13.2 Å². The number of esters is 2. The smallest absolute Gasteiger partial charge is 0.303 e. The fraction of sp³-hybridized carbons (Fsp3) is 0.760. The first kappa shape index (κ1) is 22.2. The molecule has 6 nitrogen and oxygen atoms in total. The van der Waals surface area contributed by atoms with E-state index in [9.17, 15) is 19.2 Å². The summed E-state index contributed by atoms with van der Waals surface area (Å²) in [6, 6.07) is 0. The molecule has 170 valence electrons. The van der Waals surface area contributed by atoms with E-state index in [0.29, 0.717) is 30.8 Å². The molecule has 0 N–H and O–H groups in total.